The third-order valence-electron chi connectivity index (χ3n) is 3.94. The van der Waals surface area contributed by atoms with Gasteiger partial charge < -0.3 is 10.6 Å². The van der Waals surface area contributed by atoms with E-state index in [1.54, 1.807) is 0 Å². The molecule has 2 N–H and O–H groups in total. The van der Waals surface area contributed by atoms with E-state index in [0.717, 1.165) is 30.6 Å². The standard InChI is InChI=1S/C16H24N2O/c1-4-5-6-10-18-11-16(2,3)12-8-7-9-13(17)14(12)15(18)19/h7-9H,4-6,10-11,17H2,1-3H3. The van der Waals surface area contributed by atoms with E-state index in [2.05, 4.69) is 20.8 Å². The minimum Gasteiger partial charge on any atom is -0.398 e. The summed E-state index contributed by atoms with van der Waals surface area (Å²) in [6, 6.07) is 5.80. The van der Waals surface area contributed by atoms with E-state index in [1.165, 1.54) is 12.8 Å². The molecule has 1 aliphatic rings. The number of unbranched alkanes of at least 4 members (excludes halogenated alkanes) is 2. The molecule has 2 rings (SSSR count). The lowest BCUT2D eigenvalue weighted by Crippen LogP contribution is -2.47. The summed E-state index contributed by atoms with van der Waals surface area (Å²) in [7, 11) is 0. The van der Waals surface area contributed by atoms with E-state index in [1.807, 2.05) is 23.1 Å². The first-order chi connectivity index (χ1) is 8.97. The van der Waals surface area contributed by atoms with Crippen LogP contribution in [-0.2, 0) is 5.41 Å². The predicted octanol–water partition coefficient (Wildman–Crippen LogP) is 3.19. The van der Waals surface area contributed by atoms with E-state index in [-0.39, 0.29) is 11.3 Å². The van der Waals surface area contributed by atoms with Crippen molar-refractivity contribution in [3.05, 3.63) is 29.3 Å². The lowest BCUT2D eigenvalue weighted by atomic mass is 9.77. The molecule has 0 aliphatic carbocycles. The molecule has 0 saturated carbocycles. The van der Waals surface area contributed by atoms with E-state index in [9.17, 15) is 4.79 Å². The maximum Gasteiger partial charge on any atom is 0.256 e. The first-order valence-corrected chi connectivity index (χ1v) is 7.15. The Morgan fingerprint density at radius 3 is 2.74 bits per heavy atom. The maximum atomic E-state index is 12.6. The van der Waals surface area contributed by atoms with Gasteiger partial charge in [-0.25, -0.2) is 0 Å². The van der Waals surface area contributed by atoms with Crippen LogP contribution in [0.5, 0.6) is 0 Å². The molecule has 3 nitrogen and oxygen atoms in total. The summed E-state index contributed by atoms with van der Waals surface area (Å²) in [6.07, 6.45) is 3.41. The quantitative estimate of drug-likeness (QED) is 0.667. The second-order valence-corrected chi connectivity index (χ2v) is 6.09. The second-order valence-electron chi connectivity index (χ2n) is 6.09. The third kappa shape index (κ3) is 2.60. The van der Waals surface area contributed by atoms with Crippen molar-refractivity contribution in [3.8, 4) is 0 Å². The summed E-state index contributed by atoms with van der Waals surface area (Å²) in [5, 5.41) is 0. The van der Waals surface area contributed by atoms with E-state index >= 15 is 0 Å². The molecule has 0 radical (unpaired) electrons. The van der Waals surface area contributed by atoms with Gasteiger partial charge in [-0.1, -0.05) is 45.7 Å². The van der Waals surface area contributed by atoms with Crippen LogP contribution in [0.3, 0.4) is 0 Å². The van der Waals surface area contributed by atoms with E-state index in [0.29, 0.717) is 5.69 Å². The van der Waals surface area contributed by atoms with E-state index in [4.69, 9.17) is 5.73 Å². The molecule has 1 aromatic rings. The minimum atomic E-state index is -0.0230. The predicted molar refractivity (Wildman–Crippen MR) is 79.3 cm³/mol. The van der Waals surface area contributed by atoms with Crippen molar-refractivity contribution in [2.75, 3.05) is 18.8 Å². The number of fused-ring (bicyclic) bond motifs is 1. The largest absolute Gasteiger partial charge is 0.398 e. The summed E-state index contributed by atoms with van der Waals surface area (Å²) >= 11 is 0. The van der Waals surface area contributed by atoms with Crippen LogP contribution < -0.4 is 5.73 Å². The third-order valence-corrected chi connectivity index (χ3v) is 3.94. The average Bonchev–Trinajstić information content (AvgIpc) is 2.35. The zero-order valence-electron chi connectivity index (χ0n) is 12.2. The van der Waals surface area contributed by atoms with Gasteiger partial charge in [-0.05, 0) is 18.1 Å². The smallest absolute Gasteiger partial charge is 0.256 e. The summed E-state index contributed by atoms with van der Waals surface area (Å²) in [6.45, 7) is 8.17. The Kier molecular flexibility index (Phi) is 3.83. The van der Waals surface area contributed by atoms with Gasteiger partial charge in [0.2, 0.25) is 0 Å². The lowest BCUT2D eigenvalue weighted by molar-refractivity contribution is 0.0686. The number of nitrogen functional groups attached to an aromatic ring is 1. The zero-order chi connectivity index (χ0) is 14.0. The van der Waals surface area contributed by atoms with Crippen LogP contribution >= 0.6 is 0 Å². The fourth-order valence-corrected chi connectivity index (χ4v) is 2.90. The Morgan fingerprint density at radius 2 is 2.05 bits per heavy atom. The van der Waals surface area contributed by atoms with Crippen molar-refractivity contribution in [1.29, 1.82) is 0 Å². The van der Waals surface area contributed by atoms with Crippen molar-refractivity contribution in [2.45, 2.75) is 45.4 Å². The van der Waals surface area contributed by atoms with Gasteiger partial charge in [0.05, 0.1) is 5.56 Å². The summed E-state index contributed by atoms with van der Waals surface area (Å²) in [4.78, 5) is 14.5. The van der Waals surface area contributed by atoms with E-state index < -0.39 is 0 Å². The monoisotopic (exact) mass is 260 g/mol. The van der Waals surface area contributed by atoms with Crippen LogP contribution in [0.4, 0.5) is 5.69 Å². The highest BCUT2D eigenvalue weighted by Gasteiger charge is 2.37. The van der Waals surface area contributed by atoms with Crippen molar-refractivity contribution >= 4 is 11.6 Å². The molecular weight excluding hydrogens is 236 g/mol. The van der Waals surface area contributed by atoms with Crippen LogP contribution in [0.1, 0.15) is 56.0 Å². The van der Waals surface area contributed by atoms with Gasteiger partial charge in [0.15, 0.2) is 0 Å². The molecule has 1 amide bonds. The Labute approximate surface area is 115 Å². The summed E-state index contributed by atoms with van der Waals surface area (Å²) in [5.41, 5.74) is 8.41. The van der Waals surface area contributed by atoms with Crippen molar-refractivity contribution in [2.24, 2.45) is 0 Å². The van der Waals surface area contributed by atoms with Gasteiger partial charge >= 0.3 is 0 Å². The van der Waals surface area contributed by atoms with Crippen LogP contribution in [0, 0.1) is 0 Å². The number of benzene rings is 1. The minimum absolute atomic E-state index is 0.0230. The molecule has 3 heteroatoms. The molecule has 0 saturated heterocycles. The molecular formula is C16H24N2O. The average molecular weight is 260 g/mol. The number of rotatable bonds is 4. The number of carbonyl (C=O) groups excluding carboxylic acids is 1. The van der Waals surface area contributed by atoms with Gasteiger partial charge in [-0.15, -0.1) is 0 Å². The van der Waals surface area contributed by atoms with Crippen LogP contribution in [0.15, 0.2) is 18.2 Å². The molecule has 19 heavy (non-hydrogen) atoms. The Bertz CT molecular complexity index is 480. The molecule has 1 aromatic carbocycles. The lowest BCUT2D eigenvalue weighted by Gasteiger charge is -2.40. The molecule has 0 fully saturated rings. The molecule has 0 aromatic heterocycles. The number of nitrogens with two attached hydrogens (primary N) is 1. The molecule has 0 spiro atoms. The van der Waals surface area contributed by atoms with Gasteiger partial charge in [0.25, 0.3) is 5.91 Å². The fraction of sp³-hybridized carbons (Fsp3) is 0.562. The van der Waals surface area contributed by atoms with Crippen LogP contribution in [-0.4, -0.2) is 23.9 Å². The highest BCUT2D eigenvalue weighted by Crippen LogP contribution is 2.35. The van der Waals surface area contributed by atoms with Gasteiger partial charge in [0, 0.05) is 24.2 Å². The first-order valence-electron chi connectivity index (χ1n) is 7.15. The summed E-state index contributed by atoms with van der Waals surface area (Å²) < 4.78 is 0. The Balaban J connectivity index is 2.31. The molecule has 0 atom stereocenters. The fourth-order valence-electron chi connectivity index (χ4n) is 2.90. The molecule has 104 valence electrons. The number of carbonyl (C=O) groups is 1. The van der Waals surface area contributed by atoms with Crippen molar-refractivity contribution in [3.63, 3.8) is 0 Å². The highest BCUT2D eigenvalue weighted by atomic mass is 16.2. The first kappa shape index (κ1) is 13.9. The Morgan fingerprint density at radius 1 is 1.32 bits per heavy atom. The molecule has 0 bridgehead atoms. The van der Waals surface area contributed by atoms with Gasteiger partial charge in [-0.3, -0.25) is 4.79 Å². The number of hydrogen-bond donors (Lipinski definition) is 1. The maximum absolute atomic E-state index is 12.6. The van der Waals surface area contributed by atoms with Gasteiger partial charge in [-0.2, -0.15) is 0 Å². The number of nitrogens with zero attached hydrogens (tertiary/aromatic N) is 1. The van der Waals surface area contributed by atoms with Gasteiger partial charge in [0.1, 0.15) is 0 Å². The van der Waals surface area contributed by atoms with Crippen LogP contribution in [0.2, 0.25) is 0 Å². The second kappa shape index (κ2) is 5.24. The van der Waals surface area contributed by atoms with Crippen LogP contribution in [0.25, 0.3) is 0 Å². The number of amides is 1. The highest BCUT2D eigenvalue weighted by molar-refractivity contribution is 6.02. The van der Waals surface area contributed by atoms with Crippen molar-refractivity contribution < 1.29 is 4.79 Å². The molecule has 0 unspecified atom stereocenters. The Hall–Kier alpha value is -1.51. The normalized spacial score (nSPS) is 17.4. The number of anilines is 1. The van der Waals surface area contributed by atoms with Crippen molar-refractivity contribution in [1.82, 2.24) is 4.90 Å². The molecule has 1 aliphatic heterocycles. The SMILES string of the molecule is CCCCCN1CC(C)(C)c2cccc(N)c2C1=O. The molecule has 1 heterocycles. The zero-order valence-corrected chi connectivity index (χ0v) is 12.2. The topological polar surface area (TPSA) is 46.3 Å². The summed E-state index contributed by atoms with van der Waals surface area (Å²) in [5.74, 6) is 0.100. The number of hydrogen-bond acceptors (Lipinski definition) is 2.